The van der Waals surface area contributed by atoms with E-state index in [0.717, 1.165) is 5.56 Å². The summed E-state index contributed by atoms with van der Waals surface area (Å²) in [7, 11) is 1.54. The average Bonchev–Trinajstić information content (AvgIpc) is 2.43. The number of carboxylic acids is 1. The molecule has 6 heteroatoms. The van der Waals surface area contributed by atoms with E-state index in [-0.39, 0.29) is 18.4 Å². The second-order valence-electron chi connectivity index (χ2n) is 4.91. The Bertz CT molecular complexity index is 502. The van der Waals surface area contributed by atoms with E-state index in [1.807, 2.05) is 26.0 Å². The number of hydrogen-bond donors (Lipinski definition) is 3. The number of anilines is 1. The van der Waals surface area contributed by atoms with Gasteiger partial charge >= 0.3 is 12.0 Å². The van der Waals surface area contributed by atoms with Gasteiger partial charge in [-0.2, -0.15) is 0 Å². The van der Waals surface area contributed by atoms with Gasteiger partial charge in [0.25, 0.3) is 0 Å². The van der Waals surface area contributed by atoms with Gasteiger partial charge in [0.05, 0.1) is 12.8 Å². The molecule has 0 aliphatic heterocycles. The van der Waals surface area contributed by atoms with Crippen molar-refractivity contribution in [3.63, 3.8) is 0 Å². The first-order valence-electron chi connectivity index (χ1n) is 6.87. The Hall–Kier alpha value is -2.24. The molecule has 1 aromatic rings. The molecule has 21 heavy (non-hydrogen) atoms. The molecule has 0 radical (unpaired) electrons. The summed E-state index contributed by atoms with van der Waals surface area (Å²) < 4.78 is 5.18. The van der Waals surface area contributed by atoms with E-state index < -0.39 is 5.97 Å². The van der Waals surface area contributed by atoms with Crippen LogP contribution >= 0.6 is 0 Å². The van der Waals surface area contributed by atoms with E-state index in [1.165, 1.54) is 7.11 Å². The third-order valence-electron chi connectivity index (χ3n) is 3.20. The molecule has 0 spiro atoms. The van der Waals surface area contributed by atoms with Gasteiger partial charge in [-0.1, -0.05) is 19.4 Å². The summed E-state index contributed by atoms with van der Waals surface area (Å²) in [6, 6.07) is 5.11. The molecule has 116 valence electrons. The Morgan fingerprint density at radius 3 is 2.67 bits per heavy atom. The molecular weight excluding hydrogens is 272 g/mol. The topological polar surface area (TPSA) is 87.7 Å². The van der Waals surface area contributed by atoms with Gasteiger partial charge in [-0.15, -0.1) is 0 Å². The number of rotatable bonds is 7. The maximum absolute atomic E-state index is 11.9. The van der Waals surface area contributed by atoms with Gasteiger partial charge in [0.15, 0.2) is 0 Å². The normalized spacial score (nSPS) is 11.6. The van der Waals surface area contributed by atoms with Gasteiger partial charge in [0, 0.05) is 13.0 Å². The Kier molecular flexibility index (Phi) is 6.52. The van der Waals surface area contributed by atoms with Gasteiger partial charge in [0.1, 0.15) is 5.75 Å². The zero-order valence-corrected chi connectivity index (χ0v) is 12.6. The van der Waals surface area contributed by atoms with Crippen molar-refractivity contribution < 1.29 is 19.4 Å². The van der Waals surface area contributed by atoms with E-state index >= 15 is 0 Å². The minimum atomic E-state index is -0.857. The molecule has 0 aliphatic carbocycles. The van der Waals surface area contributed by atoms with Crippen LogP contribution in [0.15, 0.2) is 18.2 Å². The fourth-order valence-corrected chi connectivity index (χ4v) is 1.93. The molecule has 0 aliphatic rings. The smallest absolute Gasteiger partial charge is 0.319 e. The van der Waals surface area contributed by atoms with Crippen LogP contribution in [0.1, 0.15) is 25.3 Å². The predicted octanol–water partition coefficient (Wildman–Crippen LogP) is 2.63. The zero-order chi connectivity index (χ0) is 15.8. The number of carbonyl (C=O) groups is 2. The Labute approximate surface area is 124 Å². The second-order valence-corrected chi connectivity index (χ2v) is 4.91. The second kappa shape index (κ2) is 8.14. The van der Waals surface area contributed by atoms with Crippen LogP contribution in [-0.4, -0.2) is 30.8 Å². The SMILES string of the molecule is CCC(CNC(=O)Nc1cc(C)ccc1OC)CC(=O)O. The molecule has 0 heterocycles. The number of carboxylic acid groups (broad SMARTS) is 1. The number of hydrogen-bond acceptors (Lipinski definition) is 3. The number of aryl methyl sites for hydroxylation is 1. The lowest BCUT2D eigenvalue weighted by Crippen LogP contribution is -2.33. The highest BCUT2D eigenvalue weighted by Crippen LogP contribution is 2.24. The summed E-state index contributed by atoms with van der Waals surface area (Å²) in [5.74, 6) is -0.356. The zero-order valence-electron chi connectivity index (χ0n) is 12.6. The van der Waals surface area contributed by atoms with Crippen molar-refractivity contribution in [3.05, 3.63) is 23.8 Å². The van der Waals surface area contributed by atoms with E-state index in [9.17, 15) is 9.59 Å². The van der Waals surface area contributed by atoms with E-state index in [1.54, 1.807) is 6.07 Å². The van der Waals surface area contributed by atoms with Crippen LogP contribution in [0.5, 0.6) is 5.75 Å². The number of ether oxygens (including phenoxy) is 1. The van der Waals surface area contributed by atoms with Crippen LogP contribution in [0.2, 0.25) is 0 Å². The van der Waals surface area contributed by atoms with Crippen molar-refractivity contribution in [2.75, 3.05) is 19.0 Å². The Morgan fingerprint density at radius 1 is 1.38 bits per heavy atom. The molecule has 0 saturated carbocycles. The summed E-state index contributed by atoms with van der Waals surface area (Å²) in [5.41, 5.74) is 1.59. The standard InChI is InChI=1S/C15H22N2O4/c1-4-11(8-14(18)19)9-16-15(20)17-12-7-10(2)5-6-13(12)21-3/h5-7,11H,4,8-9H2,1-3H3,(H,18,19)(H2,16,17,20). The summed E-state index contributed by atoms with van der Waals surface area (Å²) in [6.07, 6.45) is 0.741. The van der Waals surface area contributed by atoms with Gasteiger partial charge < -0.3 is 20.5 Å². The lowest BCUT2D eigenvalue weighted by atomic mass is 10.0. The molecule has 1 atom stereocenters. The third kappa shape index (κ3) is 5.72. The summed E-state index contributed by atoms with van der Waals surface area (Å²) in [5, 5.41) is 14.2. The molecule has 6 nitrogen and oxygen atoms in total. The van der Waals surface area contributed by atoms with E-state index in [4.69, 9.17) is 9.84 Å². The molecular formula is C15H22N2O4. The lowest BCUT2D eigenvalue weighted by Gasteiger charge is -2.15. The molecule has 0 saturated heterocycles. The van der Waals surface area contributed by atoms with Crippen LogP contribution in [0, 0.1) is 12.8 Å². The number of amides is 2. The summed E-state index contributed by atoms with van der Waals surface area (Å²) in [6.45, 7) is 4.14. The number of methoxy groups -OCH3 is 1. The fourth-order valence-electron chi connectivity index (χ4n) is 1.93. The van der Waals surface area contributed by atoms with Crippen molar-refractivity contribution in [2.45, 2.75) is 26.7 Å². The Morgan fingerprint density at radius 2 is 2.10 bits per heavy atom. The molecule has 0 bridgehead atoms. The van der Waals surface area contributed by atoms with Gasteiger partial charge in [-0.3, -0.25) is 4.79 Å². The van der Waals surface area contributed by atoms with Crippen LogP contribution in [0.4, 0.5) is 10.5 Å². The van der Waals surface area contributed by atoms with E-state index in [0.29, 0.717) is 24.4 Å². The highest BCUT2D eigenvalue weighted by Gasteiger charge is 2.13. The molecule has 1 aromatic carbocycles. The first-order chi connectivity index (χ1) is 9.96. The van der Waals surface area contributed by atoms with Crippen molar-refractivity contribution >= 4 is 17.7 Å². The van der Waals surface area contributed by atoms with Crippen LogP contribution < -0.4 is 15.4 Å². The molecule has 1 unspecified atom stereocenters. The predicted molar refractivity (Wildman–Crippen MR) is 80.8 cm³/mol. The third-order valence-corrected chi connectivity index (χ3v) is 3.20. The van der Waals surface area contributed by atoms with Crippen molar-refractivity contribution in [2.24, 2.45) is 5.92 Å². The van der Waals surface area contributed by atoms with E-state index in [2.05, 4.69) is 10.6 Å². The largest absolute Gasteiger partial charge is 0.495 e. The van der Waals surface area contributed by atoms with Crippen LogP contribution in [-0.2, 0) is 4.79 Å². The number of nitrogens with one attached hydrogen (secondary N) is 2. The summed E-state index contributed by atoms with van der Waals surface area (Å²) >= 11 is 0. The van der Waals surface area contributed by atoms with Crippen LogP contribution in [0.3, 0.4) is 0 Å². The first kappa shape index (κ1) is 16.8. The van der Waals surface area contributed by atoms with Crippen molar-refractivity contribution in [1.82, 2.24) is 5.32 Å². The molecule has 0 aromatic heterocycles. The number of urea groups is 1. The first-order valence-corrected chi connectivity index (χ1v) is 6.87. The van der Waals surface area contributed by atoms with Crippen molar-refractivity contribution in [3.8, 4) is 5.75 Å². The van der Waals surface area contributed by atoms with Crippen LogP contribution in [0.25, 0.3) is 0 Å². The minimum absolute atomic E-state index is 0.0462. The van der Waals surface area contributed by atoms with Crippen molar-refractivity contribution in [1.29, 1.82) is 0 Å². The monoisotopic (exact) mass is 294 g/mol. The minimum Gasteiger partial charge on any atom is -0.495 e. The number of benzene rings is 1. The highest BCUT2D eigenvalue weighted by atomic mass is 16.5. The quantitative estimate of drug-likeness (QED) is 0.721. The fraction of sp³-hybridized carbons (Fsp3) is 0.467. The highest BCUT2D eigenvalue weighted by molar-refractivity contribution is 5.91. The molecule has 0 fully saturated rings. The number of carbonyl (C=O) groups excluding carboxylic acids is 1. The number of aliphatic carboxylic acids is 1. The molecule has 3 N–H and O–H groups in total. The Balaban J connectivity index is 2.57. The maximum Gasteiger partial charge on any atom is 0.319 e. The molecule has 2 amide bonds. The maximum atomic E-state index is 11.9. The molecule has 1 rings (SSSR count). The lowest BCUT2D eigenvalue weighted by molar-refractivity contribution is -0.138. The van der Waals surface area contributed by atoms with Gasteiger partial charge in [-0.05, 0) is 30.5 Å². The van der Waals surface area contributed by atoms with Gasteiger partial charge in [-0.25, -0.2) is 4.79 Å². The summed E-state index contributed by atoms with van der Waals surface area (Å²) in [4.78, 5) is 22.6. The average molecular weight is 294 g/mol. The van der Waals surface area contributed by atoms with Gasteiger partial charge in [0.2, 0.25) is 0 Å².